The summed E-state index contributed by atoms with van der Waals surface area (Å²) in [6, 6.07) is 12.0. The van der Waals surface area contributed by atoms with Gasteiger partial charge < -0.3 is 25.6 Å². The summed E-state index contributed by atoms with van der Waals surface area (Å²) in [6.07, 6.45) is 4.37. The number of hydrogen-bond donors (Lipinski definition) is 3. The van der Waals surface area contributed by atoms with E-state index in [0.717, 1.165) is 5.56 Å². The van der Waals surface area contributed by atoms with Gasteiger partial charge in [0.1, 0.15) is 0 Å². The minimum Gasteiger partial charge on any atom is -0.454 e. The normalized spacial score (nSPS) is 15.4. The molecule has 0 spiro atoms. The van der Waals surface area contributed by atoms with Gasteiger partial charge in [-0.15, -0.1) is 12.3 Å². The van der Waals surface area contributed by atoms with Gasteiger partial charge >= 0.3 is 0 Å². The average Bonchev–Trinajstić information content (AvgIpc) is 3.31. The molecule has 2 aromatic rings. The first-order chi connectivity index (χ1) is 17.1. The van der Waals surface area contributed by atoms with E-state index in [1.165, 1.54) is 16.4 Å². The zero-order chi connectivity index (χ0) is 26.3. The molecule has 0 radical (unpaired) electrons. The Bertz CT molecular complexity index is 1180. The van der Waals surface area contributed by atoms with Crippen molar-refractivity contribution in [2.24, 2.45) is 11.7 Å². The quantitative estimate of drug-likeness (QED) is 0.365. The molecular formula is C26H33N3O6S. The van der Waals surface area contributed by atoms with Crippen molar-refractivity contribution in [2.75, 3.05) is 19.9 Å². The third kappa shape index (κ3) is 6.98. The summed E-state index contributed by atoms with van der Waals surface area (Å²) in [4.78, 5) is 12.7. The van der Waals surface area contributed by atoms with Crippen LogP contribution in [-0.2, 0) is 21.2 Å². The monoisotopic (exact) mass is 515 g/mol. The number of carbonyl (C=O) groups excluding carboxylic acids is 1. The summed E-state index contributed by atoms with van der Waals surface area (Å²) in [5.74, 6) is 2.64. The molecule has 4 N–H and O–H groups in total. The molecule has 2 aromatic carbocycles. The minimum absolute atomic E-state index is 0.0211. The van der Waals surface area contributed by atoms with Crippen LogP contribution in [0.4, 0.5) is 0 Å². The summed E-state index contributed by atoms with van der Waals surface area (Å²) in [6.45, 7) is 3.72. The van der Waals surface area contributed by atoms with Gasteiger partial charge in [0.05, 0.1) is 23.1 Å². The molecule has 0 saturated heterocycles. The maximum absolute atomic E-state index is 13.6. The Kier molecular flexibility index (Phi) is 9.34. The largest absolute Gasteiger partial charge is 0.454 e. The van der Waals surface area contributed by atoms with E-state index in [9.17, 15) is 18.3 Å². The number of benzene rings is 2. The standard InChI is InChI=1S/C26H33N3O6S/c1-4-8-21(27)26(31)28-22(13-19-9-6-5-7-10-19)23(30)16-29(15-18(2)3)36(32,33)20-11-12-24-25(14-20)35-17-34-24/h1,5-7,9-12,14,18,21-23,30H,8,13,15-17,27H2,2-3H3,(H,28,31). The molecule has 9 nitrogen and oxygen atoms in total. The maximum Gasteiger partial charge on any atom is 0.243 e. The van der Waals surface area contributed by atoms with E-state index in [0.29, 0.717) is 11.5 Å². The number of sulfonamides is 1. The van der Waals surface area contributed by atoms with E-state index in [1.807, 2.05) is 44.2 Å². The van der Waals surface area contributed by atoms with E-state index in [2.05, 4.69) is 11.2 Å². The first-order valence-corrected chi connectivity index (χ1v) is 13.2. The Balaban J connectivity index is 1.86. The van der Waals surface area contributed by atoms with Crippen LogP contribution in [0, 0.1) is 18.3 Å². The van der Waals surface area contributed by atoms with E-state index in [1.54, 1.807) is 6.07 Å². The van der Waals surface area contributed by atoms with Gasteiger partial charge in [-0.3, -0.25) is 4.79 Å². The average molecular weight is 516 g/mol. The minimum atomic E-state index is -4.00. The number of amides is 1. The topological polar surface area (TPSA) is 131 Å². The number of rotatable bonds is 12. The summed E-state index contributed by atoms with van der Waals surface area (Å²) < 4.78 is 39.0. The molecule has 1 amide bonds. The Labute approximate surface area is 212 Å². The number of aliphatic hydroxyl groups is 1. The van der Waals surface area contributed by atoms with Crippen LogP contribution in [0.2, 0.25) is 0 Å². The Hall–Kier alpha value is -3.10. The zero-order valence-corrected chi connectivity index (χ0v) is 21.3. The van der Waals surface area contributed by atoms with Gasteiger partial charge in [-0.2, -0.15) is 4.31 Å². The lowest BCUT2D eigenvalue weighted by atomic mass is 10.00. The first kappa shape index (κ1) is 27.5. The van der Waals surface area contributed by atoms with Crippen molar-refractivity contribution in [3.05, 3.63) is 54.1 Å². The number of ether oxygens (including phenoxy) is 2. The van der Waals surface area contributed by atoms with Crippen LogP contribution in [0.3, 0.4) is 0 Å². The van der Waals surface area contributed by atoms with Gasteiger partial charge in [-0.05, 0) is 30.0 Å². The van der Waals surface area contributed by atoms with Crippen LogP contribution in [0.5, 0.6) is 11.5 Å². The fourth-order valence-corrected chi connectivity index (χ4v) is 5.50. The van der Waals surface area contributed by atoms with E-state index in [-0.39, 0.29) is 43.5 Å². The Morgan fingerprint density at radius 2 is 1.86 bits per heavy atom. The number of fused-ring (bicyclic) bond motifs is 1. The van der Waals surface area contributed by atoms with E-state index < -0.39 is 34.1 Å². The lowest BCUT2D eigenvalue weighted by Gasteiger charge is -2.31. The summed E-state index contributed by atoms with van der Waals surface area (Å²) in [7, 11) is -4.00. The van der Waals surface area contributed by atoms with Crippen LogP contribution in [0.1, 0.15) is 25.8 Å². The highest BCUT2D eigenvalue weighted by Gasteiger charge is 2.32. The van der Waals surface area contributed by atoms with Crippen LogP contribution >= 0.6 is 0 Å². The number of nitrogens with one attached hydrogen (secondary N) is 1. The molecule has 3 rings (SSSR count). The number of aliphatic hydroxyl groups excluding tert-OH is 1. The van der Waals surface area contributed by atoms with Crippen LogP contribution in [-0.4, -0.2) is 61.8 Å². The summed E-state index contributed by atoms with van der Waals surface area (Å²) >= 11 is 0. The molecule has 1 heterocycles. The van der Waals surface area contributed by atoms with Crippen molar-refractivity contribution in [1.29, 1.82) is 0 Å². The number of nitrogens with two attached hydrogens (primary N) is 1. The third-order valence-corrected chi connectivity index (χ3v) is 7.53. The van der Waals surface area contributed by atoms with Crippen molar-refractivity contribution < 1.29 is 27.8 Å². The molecule has 1 aliphatic rings. The van der Waals surface area contributed by atoms with Crippen molar-refractivity contribution in [1.82, 2.24) is 9.62 Å². The van der Waals surface area contributed by atoms with Gasteiger partial charge in [-0.1, -0.05) is 44.2 Å². The lowest BCUT2D eigenvalue weighted by Crippen LogP contribution is -2.54. The molecule has 0 bridgehead atoms. The smallest absolute Gasteiger partial charge is 0.243 e. The van der Waals surface area contributed by atoms with E-state index >= 15 is 0 Å². The fraction of sp³-hybridized carbons (Fsp3) is 0.423. The van der Waals surface area contributed by atoms with Gasteiger partial charge in [0.15, 0.2) is 11.5 Å². The molecule has 194 valence electrons. The zero-order valence-electron chi connectivity index (χ0n) is 20.5. The maximum atomic E-state index is 13.6. The van der Waals surface area contributed by atoms with Gasteiger partial charge in [0, 0.05) is 25.6 Å². The van der Waals surface area contributed by atoms with Crippen molar-refractivity contribution in [3.8, 4) is 23.8 Å². The Morgan fingerprint density at radius 3 is 2.53 bits per heavy atom. The molecule has 1 aliphatic heterocycles. The molecule has 3 atom stereocenters. The molecule has 0 aromatic heterocycles. The Morgan fingerprint density at radius 1 is 1.17 bits per heavy atom. The molecule has 0 aliphatic carbocycles. The number of carbonyl (C=O) groups is 1. The highest BCUT2D eigenvalue weighted by Crippen LogP contribution is 2.34. The lowest BCUT2D eigenvalue weighted by molar-refractivity contribution is -0.123. The van der Waals surface area contributed by atoms with Crippen molar-refractivity contribution in [3.63, 3.8) is 0 Å². The van der Waals surface area contributed by atoms with Crippen molar-refractivity contribution in [2.45, 2.75) is 49.8 Å². The predicted molar refractivity (Wildman–Crippen MR) is 136 cm³/mol. The van der Waals surface area contributed by atoms with Crippen LogP contribution in [0.25, 0.3) is 0 Å². The van der Waals surface area contributed by atoms with Crippen LogP contribution in [0.15, 0.2) is 53.4 Å². The molecule has 10 heteroatoms. The molecular weight excluding hydrogens is 482 g/mol. The number of terminal acetylenes is 1. The molecule has 3 unspecified atom stereocenters. The van der Waals surface area contributed by atoms with E-state index in [4.69, 9.17) is 21.6 Å². The van der Waals surface area contributed by atoms with Crippen molar-refractivity contribution >= 4 is 15.9 Å². The van der Waals surface area contributed by atoms with Crippen LogP contribution < -0.4 is 20.5 Å². The SMILES string of the molecule is C#CCC(N)C(=O)NC(Cc1ccccc1)C(O)CN(CC(C)C)S(=O)(=O)c1ccc2c(c1)OCO2. The molecule has 0 fully saturated rings. The second kappa shape index (κ2) is 12.2. The summed E-state index contributed by atoms with van der Waals surface area (Å²) in [5, 5.41) is 14.0. The number of nitrogens with zero attached hydrogens (tertiary/aromatic N) is 1. The highest BCUT2D eigenvalue weighted by molar-refractivity contribution is 7.89. The molecule has 36 heavy (non-hydrogen) atoms. The van der Waals surface area contributed by atoms with Gasteiger partial charge in [0.25, 0.3) is 0 Å². The highest BCUT2D eigenvalue weighted by atomic mass is 32.2. The first-order valence-electron chi connectivity index (χ1n) is 11.7. The second-order valence-electron chi connectivity index (χ2n) is 9.12. The fourth-order valence-electron chi connectivity index (χ4n) is 3.86. The van der Waals surface area contributed by atoms with Gasteiger partial charge in [-0.25, -0.2) is 8.42 Å². The molecule has 0 saturated carbocycles. The number of hydrogen-bond acceptors (Lipinski definition) is 7. The second-order valence-corrected chi connectivity index (χ2v) is 11.1. The summed E-state index contributed by atoms with van der Waals surface area (Å²) in [5.41, 5.74) is 6.72. The predicted octanol–water partition coefficient (Wildman–Crippen LogP) is 1.50. The van der Waals surface area contributed by atoms with Gasteiger partial charge in [0.2, 0.25) is 22.7 Å². The third-order valence-electron chi connectivity index (χ3n) is 5.71.